The minimum absolute atomic E-state index is 0.00537. The highest BCUT2D eigenvalue weighted by atomic mass is 16.5. The highest BCUT2D eigenvalue weighted by Crippen LogP contribution is 2.63. The number of ketones is 1. The van der Waals surface area contributed by atoms with Crippen molar-refractivity contribution in [3.63, 3.8) is 0 Å². The van der Waals surface area contributed by atoms with Gasteiger partial charge in [0.2, 0.25) is 0 Å². The van der Waals surface area contributed by atoms with Crippen LogP contribution < -0.4 is 0 Å². The van der Waals surface area contributed by atoms with Gasteiger partial charge in [0.15, 0.2) is 5.78 Å². The SMILES string of the molecule is CCCC(=O)O[C@H]1CC[C@H]2[C@H]3[C@H](CC[C@]12C)[C@H]1CCC(=O)C=C1C[C@H]3C. The molecule has 0 N–H and O–H groups in total. The molecule has 4 aliphatic carbocycles. The van der Waals surface area contributed by atoms with Gasteiger partial charge in [0.1, 0.15) is 6.10 Å². The number of hydrogen-bond donors (Lipinski definition) is 0. The number of allylic oxidation sites excluding steroid dienone is 1. The van der Waals surface area contributed by atoms with Gasteiger partial charge in [-0.05, 0) is 80.6 Å². The van der Waals surface area contributed by atoms with E-state index < -0.39 is 0 Å². The van der Waals surface area contributed by atoms with E-state index in [0.717, 1.165) is 43.9 Å². The van der Waals surface area contributed by atoms with Crippen LogP contribution in [0.3, 0.4) is 0 Å². The highest BCUT2D eigenvalue weighted by Gasteiger charge is 2.58. The van der Waals surface area contributed by atoms with Crippen molar-refractivity contribution in [2.24, 2.45) is 35.0 Å². The van der Waals surface area contributed by atoms with Gasteiger partial charge in [0, 0.05) is 18.3 Å². The largest absolute Gasteiger partial charge is 0.462 e. The van der Waals surface area contributed by atoms with Crippen LogP contribution in [0.1, 0.15) is 78.6 Å². The first kappa shape index (κ1) is 18.3. The predicted molar refractivity (Wildman–Crippen MR) is 101 cm³/mol. The monoisotopic (exact) mass is 358 g/mol. The van der Waals surface area contributed by atoms with Crippen LogP contribution in [-0.2, 0) is 14.3 Å². The maximum absolute atomic E-state index is 12.1. The summed E-state index contributed by atoms with van der Waals surface area (Å²) in [5.74, 6) is 3.76. The molecule has 0 aromatic heterocycles. The molecule has 0 aromatic rings. The van der Waals surface area contributed by atoms with Gasteiger partial charge in [-0.15, -0.1) is 0 Å². The molecule has 144 valence electrons. The van der Waals surface area contributed by atoms with Crippen molar-refractivity contribution < 1.29 is 14.3 Å². The van der Waals surface area contributed by atoms with E-state index in [2.05, 4.69) is 13.8 Å². The van der Waals surface area contributed by atoms with E-state index in [4.69, 9.17) is 4.74 Å². The number of rotatable bonds is 3. The average molecular weight is 359 g/mol. The normalized spacial score (nSPS) is 44.6. The Hall–Kier alpha value is -1.12. The van der Waals surface area contributed by atoms with Gasteiger partial charge in [-0.1, -0.05) is 26.3 Å². The van der Waals surface area contributed by atoms with E-state index in [1.54, 1.807) is 0 Å². The molecule has 4 aliphatic rings. The van der Waals surface area contributed by atoms with Crippen LogP contribution in [0.15, 0.2) is 11.6 Å². The summed E-state index contributed by atoms with van der Waals surface area (Å²) in [6.07, 6.45) is 11.1. The Labute approximate surface area is 157 Å². The quantitative estimate of drug-likeness (QED) is 0.660. The molecule has 4 rings (SSSR count). The van der Waals surface area contributed by atoms with Crippen LogP contribution in [0.5, 0.6) is 0 Å². The van der Waals surface area contributed by atoms with Gasteiger partial charge in [0.05, 0.1) is 0 Å². The lowest BCUT2D eigenvalue weighted by molar-refractivity contribution is -0.159. The highest BCUT2D eigenvalue weighted by molar-refractivity contribution is 5.91. The Bertz CT molecular complexity index is 621. The van der Waals surface area contributed by atoms with E-state index in [-0.39, 0.29) is 17.5 Å². The Morgan fingerprint density at radius 1 is 1.27 bits per heavy atom. The molecule has 0 radical (unpaired) electrons. The van der Waals surface area contributed by atoms with Gasteiger partial charge in [-0.25, -0.2) is 0 Å². The summed E-state index contributed by atoms with van der Waals surface area (Å²) in [4.78, 5) is 24.0. The third-order valence-corrected chi connectivity index (χ3v) is 8.28. The van der Waals surface area contributed by atoms with E-state index >= 15 is 0 Å². The van der Waals surface area contributed by atoms with Crippen LogP contribution >= 0.6 is 0 Å². The lowest BCUT2D eigenvalue weighted by Gasteiger charge is -2.55. The molecule has 0 heterocycles. The van der Waals surface area contributed by atoms with E-state index in [0.29, 0.717) is 30.0 Å². The van der Waals surface area contributed by atoms with Crippen molar-refractivity contribution in [2.45, 2.75) is 84.7 Å². The van der Waals surface area contributed by atoms with Crippen LogP contribution in [-0.4, -0.2) is 17.9 Å². The summed E-state index contributed by atoms with van der Waals surface area (Å²) in [6.45, 7) is 6.83. The molecule has 3 nitrogen and oxygen atoms in total. The van der Waals surface area contributed by atoms with E-state index in [1.807, 2.05) is 13.0 Å². The van der Waals surface area contributed by atoms with Crippen LogP contribution in [0.2, 0.25) is 0 Å². The average Bonchev–Trinajstić information content (AvgIpc) is 2.91. The van der Waals surface area contributed by atoms with Crippen molar-refractivity contribution in [1.82, 2.24) is 0 Å². The minimum atomic E-state index is -0.00537. The molecule has 3 heteroatoms. The van der Waals surface area contributed by atoms with Crippen molar-refractivity contribution in [1.29, 1.82) is 0 Å². The predicted octanol–water partition coefficient (Wildman–Crippen LogP) is 5.09. The fraction of sp³-hybridized carbons (Fsp3) is 0.826. The fourth-order valence-corrected chi connectivity index (χ4v) is 7.16. The van der Waals surface area contributed by atoms with E-state index in [9.17, 15) is 9.59 Å². The van der Waals surface area contributed by atoms with Crippen molar-refractivity contribution in [3.05, 3.63) is 11.6 Å². The third kappa shape index (κ3) is 2.86. The number of hydrogen-bond acceptors (Lipinski definition) is 3. The summed E-state index contributed by atoms with van der Waals surface area (Å²) < 4.78 is 5.96. The molecule has 0 bridgehead atoms. The second-order valence-electron chi connectivity index (χ2n) is 9.71. The molecule has 0 aliphatic heterocycles. The Morgan fingerprint density at radius 3 is 2.85 bits per heavy atom. The van der Waals surface area contributed by atoms with Crippen LogP contribution in [0, 0.1) is 35.0 Å². The third-order valence-electron chi connectivity index (χ3n) is 8.28. The zero-order valence-corrected chi connectivity index (χ0v) is 16.6. The maximum atomic E-state index is 12.1. The molecule has 7 atom stereocenters. The van der Waals surface area contributed by atoms with Crippen molar-refractivity contribution >= 4 is 11.8 Å². The van der Waals surface area contributed by atoms with Gasteiger partial charge < -0.3 is 4.74 Å². The standard InChI is InChI=1S/C23H34O3/c1-4-5-21(25)26-20-9-8-19-22-14(2)12-15-13-16(24)6-7-17(15)18(22)10-11-23(19,20)3/h13-14,17-20,22H,4-12H2,1-3H3/t14-,17+,18-,19+,20+,22-,23+/m1/s1. The maximum Gasteiger partial charge on any atom is 0.306 e. The van der Waals surface area contributed by atoms with Gasteiger partial charge in [0.25, 0.3) is 0 Å². The Kier molecular flexibility index (Phi) is 4.77. The topological polar surface area (TPSA) is 43.4 Å². The summed E-state index contributed by atoms with van der Waals surface area (Å²) in [5.41, 5.74) is 1.60. The number of carbonyl (C=O) groups is 2. The zero-order valence-electron chi connectivity index (χ0n) is 16.6. The molecule has 0 aromatic carbocycles. The molecule has 26 heavy (non-hydrogen) atoms. The van der Waals surface area contributed by atoms with Crippen molar-refractivity contribution in [3.8, 4) is 0 Å². The molecular weight excluding hydrogens is 324 g/mol. The smallest absolute Gasteiger partial charge is 0.306 e. The summed E-state index contributed by atoms with van der Waals surface area (Å²) in [6, 6.07) is 0. The van der Waals surface area contributed by atoms with Gasteiger partial charge in [-0.3, -0.25) is 9.59 Å². The lowest BCUT2D eigenvalue weighted by atomic mass is 9.49. The summed E-state index contributed by atoms with van der Waals surface area (Å²) >= 11 is 0. The second-order valence-corrected chi connectivity index (χ2v) is 9.71. The molecule has 0 amide bonds. The lowest BCUT2D eigenvalue weighted by Crippen LogP contribution is -2.50. The second kappa shape index (κ2) is 6.80. The number of carbonyl (C=O) groups excluding carboxylic acids is 2. The molecule has 3 saturated carbocycles. The summed E-state index contributed by atoms with van der Waals surface area (Å²) in [5, 5.41) is 0. The first-order valence-electron chi connectivity index (χ1n) is 10.9. The van der Waals surface area contributed by atoms with Gasteiger partial charge in [-0.2, -0.15) is 0 Å². The Morgan fingerprint density at radius 2 is 2.08 bits per heavy atom. The minimum Gasteiger partial charge on any atom is -0.462 e. The number of esters is 1. The number of ether oxygens (including phenoxy) is 1. The zero-order chi connectivity index (χ0) is 18.5. The van der Waals surface area contributed by atoms with Gasteiger partial charge >= 0.3 is 5.97 Å². The fourth-order valence-electron chi connectivity index (χ4n) is 7.16. The molecular formula is C23H34O3. The molecule has 0 unspecified atom stereocenters. The van der Waals surface area contributed by atoms with Crippen LogP contribution in [0.4, 0.5) is 0 Å². The van der Waals surface area contributed by atoms with E-state index in [1.165, 1.54) is 24.8 Å². The number of fused-ring (bicyclic) bond motifs is 5. The first-order chi connectivity index (χ1) is 12.4. The molecule has 0 saturated heterocycles. The molecule has 0 spiro atoms. The Balaban J connectivity index is 1.56. The van der Waals surface area contributed by atoms with Crippen molar-refractivity contribution in [2.75, 3.05) is 0 Å². The van der Waals surface area contributed by atoms with Crippen LogP contribution in [0.25, 0.3) is 0 Å². The summed E-state index contributed by atoms with van der Waals surface area (Å²) in [7, 11) is 0. The first-order valence-corrected chi connectivity index (χ1v) is 10.9. The molecule has 3 fully saturated rings.